The third-order valence-electron chi connectivity index (χ3n) is 6.97. The molecule has 0 amide bonds. The average Bonchev–Trinajstić information content (AvgIpc) is 2.91. The van der Waals surface area contributed by atoms with Gasteiger partial charge in [-0.1, -0.05) is 18.1 Å². The van der Waals surface area contributed by atoms with Crippen molar-refractivity contribution in [1.82, 2.24) is 0 Å². The number of phenolic OH excluding ortho intramolecular Hbond substituents is 1. The lowest BCUT2D eigenvalue weighted by molar-refractivity contribution is 0.0136. The van der Waals surface area contributed by atoms with E-state index < -0.39 is 0 Å². The van der Waals surface area contributed by atoms with Crippen molar-refractivity contribution in [3.8, 4) is 5.75 Å². The van der Waals surface area contributed by atoms with Crippen molar-refractivity contribution in [1.29, 1.82) is 0 Å². The molecule has 1 unspecified atom stereocenters. The highest BCUT2D eigenvalue weighted by Gasteiger charge is 2.54. The summed E-state index contributed by atoms with van der Waals surface area (Å²) in [5.74, 6) is 2.18. The Morgan fingerprint density at radius 1 is 1.21 bits per heavy atom. The van der Waals surface area contributed by atoms with E-state index in [1.807, 2.05) is 12.1 Å². The van der Waals surface area contributed by atoms with E-state index in [-0.39, 0.29) is 11.5 Å². The first-order valence-corrected chi connectivity index (χ1v) is 9.04. The predicted octanol–water partition coefficient (Wildman–Crippen LogP) is 4.40. The summed E-state index contributed by atoms with van der Waals surface area (Å²) in [6.07, 6.45) is 5.72. The summed E-state index contributed by atoms with van der Waals surface area (Å²) in [6.45, 7) is 2.38. The van der Waals surface area contributed by atoms with E-state index in [4.69, 9.17) is 9.57 Å². The number of aromatic hydroxyl groups is 1. The molecule has 4 nitrogen and oxygen atoms in total. The van der Waals surface area contributed by atoms with Gasteiger partial charge in [-0.05, 0) is 73.1 Å². The minimum atomic E-state index is 0.0825. The summed E-state index contributed by atoms with van der Waals surface area (Å²) < 4.78 is 5.81. The van der Waals surface area contributed by atoms with Crippen molar-refractivity contribution in [3.63, 3.8) is 0 Å². The normalized spacial score (nSPS) is 39.2. The monoisotopic (exact) mass is 329 g/mol. The number of rotatable bonds is 2. The summed E-state index contributed by atoms with van der Waals surface area (Å²) >= 11 is 0. The minimum absolute atomic E-state index is 0.0825. The molecule has 0 radical (unpaired) electrons. The smallest absolute Gasteiger partial charge is 0.115 e. The molecule has 1 aromatic carbocycles. The quantitative estimate of drug-likeness (QED) is 0.818. The number of phenols is 1. The van der Waals surface area contributed by atoms with Crippen molar-refractivity contribution in [2.75, 3.05) is 14.2 Å². The molecular weight excluding hydrogens is 302 g/mol. The minimum Gasteiger partial charge on any atom is -0.508 e. The van der Waals surface area contributed by atoms with Crippen LogP contribution in [0.5, 0.6) is 5.75 Å². The van der Waals surface area contributed by atoms with Gasteiger partial charge in [0.05, 0.1) is 11.8 Å². The Morgan fingerprint density at radius 3 is 2.79 bits per heavy atom. The van der Waals surface area contributed by atoms with E-state index >= 15 is 0 Å². The van der Waals surface area contributed by atoms with E-state index in [0.29, 0.717) is 23.5 Å². The maximum atomic E-state index is 9.90. The van der Waals surface area contributed by atoms with Gasteiger partial charge in [-0.15, -0.1) is 0 Å². The Labute approximate surface area is 143 Å². The van der Waals surface area contributed by atoms with Crippen LogP contribution in [0.1, 0.15) is 62.2 Å². The van der Waals surface area contributed by atoms with Gasteiger partial charge >= 0.3 is 0 Å². The number of hydrogen-bond acceptors (Lipinski definition) is 4. The molecule has 1 aromatic rings. The fourth-order valence-corrected chi connectivity index (χ4v) is 5.83. The van der Waals surface area contributed by atoms with Gasteiger partial charge in [0.2, 0.25) is 0 Å². The highest BCUT2D eigenvalue weighted by Crippen LogP contribution is 2.61. The zero-order valence-electron chi connectivity index (χ0n) is 14.8. The molecule has 5 atom stereocenters. The van der Waals surface area contributed by atoms with E-state index in [1.165, 1.54) is 36.1 Å². The summed E-state index contributed by atoms with van der Waals surface area (Å²) in [7, 11) is 3.44. The van der Waals surface area contributed by atoms with Crippen molar-refractivity contribution >= 4 is 5.71 Å². The molecule has 3 aliphatic rings. The highest BCUT2D eigenvalue weighted by atomic mass is 16.6. The van der Waals surface area contributed by atoms with Crippen LogP contribution in [0.15, 0.2) is 23.4 Å². The van der Waals surface area contributed by atoms with Crippen LogP contribution in [-0.2, 0) is 9.57 Å². The largest absolute Gasteiger partial charge is 0.508 e. The van der Waals surface area contributed by atoms with Gasteiger partial charge in [0.1, 0.15) is 12.9 Å². The molecule has 2 saturated carbocycles. The van der Waals surface area contributed by atoms with Gasteiger partial charge < -0.3 is 14.7 Å². The van der Waals surface area contributed by atoms with E-state index in [2.05, 4.69) is 18.1 Å². The second-order valence-corrected chi connectivity index (χ2v) is 7.87. The van der Waals surface area contributed by atoms with Gasteiger partial charge in [0.25, 0.3) is 0 Å². The van der Waals surface area contributed by atoms with Gasteiger partial charge in [-0.3, -0.25) is 0 Å². The number of nitrogens with zero attached hydrogens (tertiary/aromatic N) is 1. The lowest BCUT2D eigenvalue weighted by Crippen LogP contribution is -2.43. The molecule has 4 rings (SSSR count). The van der Waals surface area contributed by atoms with Crippen LogP contribution >= 0.6 is 0 Å². The third-order valence-corrected chi connectivity index (χ3v) is 6.97. The molecule has 0 bridgehead atoms. The summed E-state index contributed by atoms with van der Waals surface area (Å²) in [6, 6.07) is 5.85. The van der Waals surface area contributed by atoms with Crippen molar-refractivity contribution in [2.45, 2.75) is 51.0 Å². The number of ether oxygens (including phenoxy) is 1. The molecule has 1 N–H and O–H groups in total. The van der Waals surface area contributed by atoms with Crippen LogP contribution in [0.3, 0.4) is 0 Å². The number of fused-ring (bicyclic) bond motifs is 5. The topological polar surface area (TPSA) is 51.0 Å². The predicted molar refractivity (Wildman–Crippen MR) is 93.2 cm³/mol. The fraction of sp³-hybridized carbons (Fsp3) is 0.650. The van der Waals surface area contributed by atoms with Crippen molar-refractivity contribution < 1.29 is 14.7 Å². The van der Waals surface area contributed by atoms with Crippen LogP contribution in [0.2, 0.25) is 0 Å². The number of oxime groups is 1. The molecule has 0 saturated heterocycles. The average molecular weight is 329 g/mol. The Balaban J connectivity index is 1.73. The van der Waals surface area contributed by atoms with Crippen LogP contribution in [0, 0.1) is 17.3 Å². The van der Waals surface area contributed by atoms with Gasteiger partial charge in [0, 0.05) is 12.5 Å². The number of methoxy groups -OCH3 is 1. The first-order valence-electron chi connectivity index (χ1n) is 9.04. The molecule has 2 fully saturated rings. The van der Waals surface area contributed by atoms with Crippen LogP contribution < -0.4 is 0 Å². The first-order chi connectivity index (χ1) is 11.6. The van der Waals surface area contributed by atoms with Crippen molar-refractivity contribution in [3.05, 3.63) is 29.3 Å². The standard InChI is InChI=1S/C20H27NO3/c1-20-9-8-14-13-5-4-12(22)10-16(13)18(23-2)11-15(14)17(20)6-7-19(20)21-24-3/h4-5,10,14-15,17-18,22H,6-9,11H2,1-3H3/b21-19+/t14-,15-,17+,18?,20+/m1/s1. The third kappa shape index (κ3) is 2.19. The van der Waals surface area contributed by atoms with E-state index in [9.17, 15) is 5.11 Å². The maximum Gasteiger partial charge on any atom is 0.115 e. The fourth-order valence-electron chi connectivity index (χ4n) is 5.83. The highest BCUT2D eigenvalue weighted by molar-refractivity contribution is 5.92. The summed E-state index contributed by atoms with van der Waals surface area (Å²) in [4.78, 5) is 5.12. The molecule has 130 valence electrons. The molecule has 0 aromatic heterocycles. The molecule has 24 heavy (non-hydrogen) atoms. The molecule has 4 heteroatoms. The zero-order chi connectivity index (χ0) is 16.9. The first kappa shape index (κ1) is 15.9. The summed E-state index contributed by atoms with van der Waals surface area (Å²) in [5, 5.41) is 14.3. The van der Waals surface area contributed by atoms with Gasteiger partial charge in [-0.25, -0.2) is 0 Å². The second kappa shape index (κ2) is 5.76. The van der Waals surface area contributed by atoms with Gasteiger partial charge in [0.15, 0.2) is 0 Å². The lowest BCUT2D eigenvalue weighted by atomic mass is 9.55. The Bertz CT molecular complexity index is 671. The van der Waals surface area contributed by atoms with E-state index in [1.54, 1.807) is 14.2 Å². The van der Waals surface area contributed by atoms with Crippen molar-refractivity contribution in [2.24, 2.45) is 22.4 Å². The second-order valence-electron chi connectivity index (χ2n) is 7.87. The van der Waals surface area contributed by atoms with Gasteiger partial charge in [-0.2, -0.15) is 0 Å². The molecule has 0 spiro atoms. The van der Waals surface area contributed by atoms with Crippen LogP contribution in [0.4, 0.5) is 0 Å². The Kier molecular flexibility index (Phi) is 3.83. The zero-order valence-corrected chi connectivity index (χ0v) is 14.8. The molecule has 0 heterocycles. The van der Waals surface area contributed by atoms with Crippen LogP contribution in [0.25, 0.3) is 0 Å². The van der Waals surface area contributed by atoms with E-state index in [0.717, 1.165) is 12.8 Å². The molecule has 3 aliphatic carbocycles. The lowest BCUT2D eigenvalue weighted by Gasteiger charge is -2.50. The van der Waals surface area contributed by atoms with Crippen LogP contribution in [-0.4, -0.2) is 25.0 Å². The number of benzene rings is 1. The summed E-state index contributed by atoms with van der Waals surface area (Å²) in [5.41, 5.74) is 3.99. The maximum absolute atomic E-state index is 9.90. The molecular formula is C20H27NO3. The molecule has 0 aliphatic heterocycles. The SMILES string of the molecule is CO/N=C1\CC[C@H]2[C@@H]3CC(OC)c4cc(O)ccc4[C@H]3CC[C@]12C. The Hall–Kier alpha value is -1.55. The number of hydrogen-bond donors (Lipinski definition) is 1. The Morgan fingerprint density at radius 2 is 2.04 bits per heavy atom.